The molecule has 5 heterocycles. The number of nitrogens with one attached hydrogen (secondary N) is 1. The van der Waals surface area contributed by atoms with Gasteiger partial charge < -0.3 is 19.4 Å². The molecule has 2 saturated heterocycles. The van der Waals surface area contributed by atoms with Crippen LogP contribution in [-0.2, 0) is 6.42 Å². The Labute approximate surface area is 153 Å². The highest BCUT2D eigenvalue weighted by molar-refractivity contribution is 5.88. The van der Waals surface area contributed by atoms with Crippen molar-refractivity contribution < 1.29 is 9.47 Å². The van der Waals surface area contributed by atoms with Crippen LogP contribution < -0.4 is 9.47 Å². The highest BCUT2D eigenvalue weighted by Crippen LogP contribution is 2.43. The maximum absolute atomic E-state index is 5.82. The molecule has 1 aromatic heterocycles. The number of hydrogen-bond acceptors (Lipinski definition) is 5. The van der Waals surface area contributed by atoms with Gasteiger partial charge in [0.25, 0.3) is 0 Å². The highest BCUT2D eigenvalue weighted by atomic mass is 16.6. The smallest absolute Gasteiger partial charge is 0.163 e. The third-order valence-electron chi connectivity index (χ3n) is 6.69. The van der Waals surface area contributed by atoms with Crippen molar-refractivity contribution in [2.45, 2.75) is 25.0 Å². The summed E-state index contributed by atoms with van der Waals surface area (Å²) in [7, 11) is 2.25. The summed E-state index contributed by atoms with van der Waals surface area (Å²) in [5.41, 5.74) is 4.13. The lowest BCUT2D eigenvalue weighted by Gasteiger charge is -2.53. The minimum atomic E-state index is 0.512. The monoisotopic (exact) mass is 354 g/mol. The lowest BCUT2D eigenvalue weighted by atomic mass is 9.92. The van der Waals surface area contributed by atoms with E-state index in [1.165, 1.54) is 48.2 Å². The van der Waals surface area contributed by atoms with E-state index in [1.54, 1.807) is 0 Å². The summed E-state index contributed by atoms with van der Waals surface area (Å²) in [4.78, 5) is 11.7. The highest BCUT2D eigenvalue weighted by Gasteiger charge is 2.42. The number of H-pyrrole nitrogens is 1. The van der Waals surface area contributed by atoms with E-state index in [0.717, 1.165) is 31.0 Å². The average Bonchev–Trinajstić information content (AvgIpc) is 3.03. The fourth-order valence-electron chi connectivity index (χ4n) is 5.39. The third kappa shape index (κ3) is 2.15. The van der Waals surface area contributed by atoms with Crippen LogP contribution in [0.5, 0.6) is 11.5 Å². The molecular weight excluding hydrogens is 328 g/mol. The molecule has 0 aliphatic carbocycles. The van der Waals surface area contributed by atoms with Gasteiger partial charge in [0.05, 0.1) is 12.2 Å². The summed E-state index contributed by atoms with van der Waals surface area (Å²) in [5.74, 6) is 1.78. The number of aromatic nitrogens is 1. The zero-order valence-electron chi connectivity index (χ0n) is 15.3. The van der Waals surface area contributed by atoms with Crippen LogP contribution in [0.2, 0.25) is 0 Å². The Balaban J connectivity index is 1.41. The number of fused-ring (bicyclic) bond motifs is 8. The molecule has 6 rings (SSSR count). The number of hydrogen-bond donors (Lipinski definition) is 1. The van der Waals surface area contributed by atoms with Crippen LogP contribution in [0, 0.1) is 0 Å². The molecular formula is C20H26N4O2. The standard InChI is InChI=1S/C20H26N4O2/c1-22-6-7-23-4-3-16-20-13(2-5-24(16)19(23)12-22)14-10-17-18(11-15(14)21-20)26-9-8-25-17/h10-11,16,19,21H,2-9,12H2,1H3/t16-,19-/m0/s1. The van der Waals surface area contributed by atoms with Crippen molar-refractivity contribution >= 4 is 10.9 Å². The molecule has 26 heavy (non-hydrogen) atoms. The Morgan fingerprint density at radius 3 is 2.77 bits per heavy atom. The van der Waals surface area contributed by atoms with E-state index in [0.29, 0.717) is 25.4 Å². The second-order valence-electron chi connectivity index (χ2n) is 8.13. The number of piperazine rings is 1. The van der Waals surface area contributed by atoms with E-state index in [2.05, 4.69) is 38.9 Å². The van der Waals surface area contributed by atoms with Crippen molar-refractivity contribution in [2.24, 2.45) is 0 Å². The normalized spacial score (nSPS) is 29.3. The SMILES string of the molecule is CN1CCN2CC[C@H]3c4[nH]c5cc6c(cc5c4CCN3[C@H]2C1)OCCO6. The van der Waals surface area contributed by atoms with Gasteiger partial charge in [-0.1, -0.05) is 0 Å². The van der Waals surface area contributed by atoms with Crippen LogP contribution in [0.4, 0.5) is 0 Å². The van der Waals surface area contributed by atoms with Crippen LogP contribution in [0.25, 0.3) is 10.9 Å². The van der Waals surface area contributed by atoms with Gasteiger partial charge in [0.2, 0.25) is 0 Å². The van der Waals surface area contributed by atoms with Gasteiger partial charge in [-0.05, 0) is 31.5 Å². The van der Waals surface area contributed by atoms with Crippen molar-refractivity contribution in [3.8, 4) is 11.5 Å². The molecule has 2 aromatic rings. The van der Waals surface area contributed by atoms with Crippen LogP contribution in [-0.4, -0.2) is 78.8 Å². The van der Waals surface area contributed by atoms with Crippen LogP contribution >= 0.6 is 0 Å². The average molecular weight is 354 g/mol. The van der Waals surface area contributed by atoms with E-state index < -0.39 is 0 Å². The van der Waals surface area contributed by atoms with Gasteiger partial charge >= 0.3 is 0 Å². The molecule has 138 valence electrons. The summed E-state index contributed by atoms with van der Waals surface area (Å²) in [6, 6.07) is 4.84. The summed E-state index contributed by atoms with van der Waals surface area (Å²) in [6.45, 7) is 7.18. The largest absolute Gasteiger partial charge is 0.486 e. The summed E-state index contributed by atoms with van der Waals surface area (Å²) in [5, 5.41) is 1.33. The first-order chi connectivity index (χ1) is 12.8. The Bertz CT molecular complexity index is 863. The molecule has 0 radical (unpaired) electrons. The first-order valence-electron chi connectivity index (χ1n) is 9.90. The minimum absolute atomic E-state index is 0.512. The predicted octanol–water partition coefficient (Wildman–Crippen LogP) is 1.82. The second-order valence-corrected chi connectivity index (χ2v) is 8.13. The summed E-state index contributed by atoms with van der Waals surface area (Å²) in [6.07, 6.45) is 2.89. The molecule has 4 aliphatic heterocycles. The quantitative estimate of drug-likeness (QED) is 0.782. The molecule has 1 aromatic carbocycles. The molecule has 0 amide bonds. The van der Waals surface area contributed by atoms with Crippen LogP contribution in [0.3, 0.4) is 0 Å². The van der Waals surface area contributed by atoms with Crippen LogP contribution in [0.1, 0.15) is 23.7 Å². The van der Waals surface area contributed by atoms with Gasteiger partial charge in [-0.15, -0.1) is 0 Å². The maximum Gasteiger partial charge on any atom is 0.163 e. The molecule has 0 saturated carbocycles. The number of aromatic amines is 1. The zero-order chi connectivity index (χ0) is 17.3. The first-order valence-corrected chi connectivity index (χ1v) is 9.90. The van der Waals surface area contributed by atoms with E-state index in [-0.39, 0.29) is 0 Å². The third-order valence-corrected chi connectivity index (χ3v) is 6.69. The Hall–Kier alpha value is -1.76. The topological polar surface area (TPSA) is 44.0 Å². The van der Waals surface area contributed by atoms with E-state index >= 15 is 0 Å². The van der Waals surface area contributed by atoms with Gasteiger partial charge in [-0.3, -0.25) is 9.80 Å². The second kappa shape index (κ2) is 5.62. The maximum atomic E-state index is 5.82. The number of rotatable bonds is 0. The van der Waals surface area contributed by atoms with E-state index in [9.17, 15) is 0 Å². The molecule has 4 aliphatic rings. The number of nitrogens with zero attached hydrogens (tertiary/aromatic N) is 3. The fourth-order valence-corrected chi connectivity index (χ4v) is 5.39. The molecule has 6 nitrogen and oxygen atoms in total. The van der Waals surface area contributed by atoms with Gasteiger partial charge in [-0.25, -0.2) is 0 Å². The Kier molecular flexibility index (Phi) is 3.31. The molecule has 0 bridgehead atoms. The van der Waals surface area contributed by atoms with Crippen molar-refractivity contribution in [2.75, 3.05) is 53.0 Å². The summed E-state index contributed by atoms with van der Waals surface area (Å²) >= 11 is 0. The molecule has 1 N–H and O–H groups in total. The van der Waals surface area contributed by atoms with Crippen LogP contribution in [0.15, 0.2) is 12.1 Å². The predicted molar refractivity (Wildman–Crippen MR) is 99.9 cm³/mol. The Morgan fingerprint density at radius 1 is 1.04 bits per heavy atom. The number of ether oxygens (including phenoxy) is 2. The van der Waals surface area contributed by atoms with E-state index in [4.69, 9.17) is 9.47 Å². The van der Waals surface area contributed by atoms with E-state index in [1.807, 2.05) is 0 Å². The molecule has 6 heteroatoms. The molecule has 2 atom stereocenters. The van der Waals surface area contributed by atoms with Crippen molar-refractivity contribution in [1.29, 1.82) is 0 Å². The Morgan fingerprint density at radius 2 is 1.88 bits per heavy atom. The minimum Gasteiger partial charge on any atom is -0.486 e. The zero-order valence-corrected chi connectivity index (χ0v) is 15.3. The molecule has 0 unspecified atom stereocenters. The summed E-state index contributed by atoms with van der Waals surface area (Å²) < 4.78 is 11.6. The molecule has 2 fully saturated rings. The molecule has 0 spiro atoms. The fraction of sp³-hybridized carbons (Fsp3) is 0.600. The van der Waals surface area contributed by atoms with Gasteiger partial charge in [0.1, 0.15) is 13.2 Å². The number of benzene rings is 1. The number of likely N-dealkylation sites (N-methyl/N-ethyl adjacent to an activating group) is 1. The van der Waals surface area contributed by atoms with Crippen molar-refractivity contribution in [3.05, 3.63) is 23.4 Å². The lowest BCUT2D eigenvalue weighted by Crippen LogP contribution is -2.64. The van der Waals surface area contributed by atoms with Crippen molar-refractivity contribution in [3.63, 3.8) is 0 Å². The van der Waals surface area contributed by atoms with Gasteiger partial charge in [-0.2, -0.15) is 0 Å². The van der Waals surface area contributed by atoms with Gasteiger partial charge in [0.15, 0.2) is 11.5 Å². The lowest BCUT2D eigenvalue weighted by molar-refractivity contribution is -0.0772. The van der Waals surface area contributed by atoms with Gasteiger partial charge in [0, 0.05) is 55.4 Å². The van der Waals surface area contributed by atoms with Crippen molar-refractivity contribution in [1.82, 2.24) is 19.7 Å². The first kappa shape index (κ1) is 15.3.